The van der Waals surface area contributed by atoms with Gasteiger partial charge in [-0.15, -0.1) is 0 Å². The first-order valence-electron chi connectivity index (χ1n) is 46.9. The van der Waals surface area contributed by atoms with Crippen molar-refractivity contribution in [1.82, 2.24) is 50.4 Å². The number of fused-ring (bicyclic) bond motifs is 3. The van der Waals surface area contributed by atoms with Crippen molar-refractivity contribution in [3.8, 4) is 34.1 Å². The number of rotatable bonds is 36. The van der Waals surface area contributed by atoms with Crippen LogP contribution in [0.1, 0.15) is 127 Å². The summed E-state index contributed by atoms with van der Waals surface area (Å²) in [6.45, 7) is 7.79. The molecule has 7 atom stereocenters. The van der Waals surface area contributed by atoms with Gasteiger partial charge in [-0.2, -0.15) is 0 Å². The molecule has 28 nitrogen and oxygen atoms in total. The molecular weight excluding hydrogens is 1730 g/mol. The molecule has 5 aliphatic heterocycles. The van der Waals surface area contributed by atoms with Crippen molar-refractivity contribution in [3.05, 3.63) is 342 Å². The molecule has 12 aromatic rings. The maximum absolute atomic E-state index is 14.2. The molecule has 704 valence electrons. The molecule has 0 unspecified atom stereocenters. The van der Waals surface area contributed by atoms with Gasteiger partial charge in [-0.05, 0) is 220 Å². The molecule has 136 heavy (non-hydrogen) atoms. The molecule has 5 saturated heterocycles. The number of benzene rings is 10. The highest BCUT2D eigenvalue weighted by molar-refractivity contribution is 5.97. The Hall–Kier alpha value is -13.7. The molecule has 28 heteroatoms. The van der Waals surface area contributed by atoms with E-state index in [1.165, 1.54) is 47.5 Å². The third-order valence-corrected chi connectivity index (χ3v) is 27.4. The van der Waals surface area contributed by atoms with Crippen LogP contribution in [0.4, 0.5) is 0 Å². The number of amides is 4. The Morgan fingerprint density at radius 3 is 1.33 bits per heavy atom. The normalized spacial score (nSPS) is 17.9. The lowest BCUT2D eigenvalue weighted by atomic mass is 9.86. The van der Waals surface area contributed by atoms with Gasteiger partial charge in [-0.1, -0.05) is 182 Å². The Labute approximate surface area is 787 Å². The van der Waals surface area contributed by atoms with E-state index in [0.717, 1.165) is 82.5 Å². The topological polar surface area (TPSA) is 379 Å². The summed E-state index contributed by atoms with van der Waals surface area (Å²) in [5.74, 6) is -2.24. The zero-order chi connectivity index (χ0) is 94.4. The Kier molecular flexibility index (Phi) is 29.7. The van der Waals surface area contributed by atoms with Crippen molar-refractivity contribution in [2.45, 2.75) is 99.9 Å². The maximum Gasteiger partial charge on any atom is 0.347 e. The summed E-state index contributed by atoms with van der Waals surface area (Å²) < 4.78 is 24.0. The van der Waals surface area contributed by atoms with E-state index in [0.29, 0.717) is 91.9 Å². The molecule has 0 aliphatic carbocycles. The number of phenols is 2. The van der Waals surface area contributed by atoms with E-state index in [9.17, 15) is 69.0 Å². The first-order chi connectivity index (χ1) is 66.1. The van der Waals surface area contributed by atoms with E-state index in [2.05, 4.69) is 60.0 Å². The highest BCUT2D eigenvalue weighted by Gasteiger charge is 2.47. The molecule has 0 spiro atoms. The van der Waals surface area contributed by atoms with Crippen LogP contribution in [0.25, 0.3) is 32.9 Å². The molecule has 7 heterocycles. The summed E-state index contributed by atoms with van der Waals surface area (Å²) in [6, 6.07) is 73.5. The molecule has 4 amide bonds. The van der Waals surface area contributed by atoms with Crippen molar-refractivity contribution in [3.63, 3.8) is 0 Å². The number of phenolic OH excluding ortho intramolecular Hbond substituents is 2. The fourth-order valence-electron chi connectivity index (χ4n) is 19.5. The number of nitrogens with zero attached hydrogens (tertiary/aromatic N) is 5. The Morgan fingerprint density at radius 1 is 0.434 bits per heavy atom. The second-order valence-electron chi connectivity index (χ2n) is 36.4. The maximum atomic E-state index is 14.2. The number of pyridine rings is 2. The van der Waals surface area contributed by atoms with Gasteiger partial charge in [0.1, 0.15) is 23.0 Å². The molecule has 0 saturated carbocycles. The van der Waals surface area contributed by atoms with Gasteiger partial charge in [0.05, 0.1) is 53.6 Å². The molecular formula is C108H114N10O18. The van der Waals surface area contributed by atoms with Gasteiger partial charge >= 0.3 is 11.9 Å². The number of piperidine rings is 2. The van der Waals surface area contributed by atoms with Crippen LogP contribution in [0.2, 0.25) is 0 Å². The predicted molar refractivity (Wildman–Crippen MR) is 513 cm³/mol. The number of aromatic hydroxyl groups is 2. The number of aliphatic hydroxyl groups is 4. The highest BCUT2D eigenvalue weighted by atomic mass is 16.6. The highest BCUT2D eigenvalue weighted by Crippen LogP contribution is 2.40. The summed E-state index contributed by atoms with van der Waals surface area (Å²) in [4.78, 5) is 127. The summed E-state index contributed by atoms with van der Waals surface area (Å²) in [7, 11) is 0. The van der Waals surface area contributed by atoms with Crippen molar-refractivity contribution >= 4 is 57.4 Å². The number of ether oxygens (including phenoxy) is 4. The zero-order valence-corrected chi connectivity index (χ0v) is 75.7. The molecule has 0 radical (unpaired) electrons. The summed E-state index contributed by atoms with van der Waals surface area (Å²) in [6.07, 6.45) is 3.34. The van der Waals surface area contributed by atoms with Crippen LogP contribution in [-0.4, -0.2) is 224 Å². The quantitative estimate of drug-likeness (QED) is 0.0128. The number of likely N-dealkylation sites (tertiary alicyclic amines) is 5. The smallest absolute Gasteiger partial charge is 0.347 e. The van der Waals surface area contributed by atoms with E-state index in [4.69, 9.17) is 18.9 Å². The molecule has 10 aromatic carbocycles. The van der Waals surface area contributed by atoms with Crippen LogP contribution in [0.3, 0.4) is 0 Å². The van der Waals surface area contributed by atoms with E-state index in [1.807, 2.05) is 65.6 Å². The second-order valence-corrected chi connectivity index (χ2v) is 36.4. The number of nitrogens with one attached hydrogen (secondary N) is 5. The number of hydrogen-bond acceptors (Lipinski definition) is 22. The number of carbonyl (C=O) groups excluding carboxylic acids is 6. The van der Waals surface area contributed by atoms with Gasteiger partial charge in [0.15, 0.2) is 13.2 Å². The predicted octanol–water partition coefficient (Wildman–Crippen LogP) is 10.7. The van der Waals surface area contributed by atoms with Gasteiger partial charge in [0.25, 0.3) is 34.7 Å². The first-order valence-corrected chi connectivity index (χ1v) is 46.9. The van der Waals surface area contributed by atoms with E-state index >= 15 is 0 Å². The molecule has 2 aromatic heterocycles. The standard InChI is InChI=1S/C108H114N10O18/c119-93-37-35-86(95(121)59-109-47-39-70-27-31-76(32-28-70)101(125)111-83-46-53-116(64-83)97(123)68-133-84-25-13-23-81(55-84)107(131,79-19-9-3-10-20-79)105(129)135-66-74-41-49-114(50-42-74)61-72-15-5-1-6-16-72)88-57-90(102(126)112-99(88)93)91-58-89-87(36-38-94(120)100(89)113-103(91)127)96(122)60-110-48-40-71-29-33-77(34-30-71)104(128)118-54-45-78-63-117(65-92(78)118)98(124)69-134-85-26-14-24-82(56-85)108(132,80-21-11-4-12-22-80)106(130)136-67-75-43-51-115(52-44-75)62-73-17-7-2-8-18-73/h1-38,55-58,74-75,78,83,92,95-96,109-110,119-122,131-132H,39-54,59-69H2,(H,111,125)(H,112,126)(H,113,127)/t78-,83-,92+,95+,96+,107+,108+/m1/s1. The van der Waals surface area contributed by atoms with Crippen LogP contribution < -0.4 is 36.5 Å². The number of aromatic nitrogens is 2. The Bertz CT molecular complexity index is 6360. The zero-order valence-electron chi connectivity index (χ0n) is 75.7. The number of carbonyl (C=O) groups is 6. The van der Waals surface area contributed by atoms with Gasteiger partial charge < -0.3 is 90.2 Å². The fraction of sp³-hybridized carbons (Fsp3) is 0.333. The van der Waals surface area contributed by atoms with Crippen LogP contribution >= 0.6 is 0 Å². The van der Waals surface area contributed by atoms with Gasteiger partial charge in [0.2, 0.25) is 11.2 Å². The number of esters is 2. The third-order valence-electron chi connectivity index (χ3n) is 27.4. The van der Waals surface area contributed by atoms with Crippen LogP contribution in [0.15, 0.2) is 264 Å². The lowest BCUT2D eigenvalue weighted by Crippen LogP contribution is -2.41. The summed E-state index contributed by atoms with van der Waals surface area (Å²) in [5.41, 5.74) is 1.13. The largest absolute Gasteiger partial charge is 0.506 e. The lowest BCUT2D eigenvalue weighted by molar-refractivity contribution is -0.164. The van der Waals surface area contributed by atoms with Gasteiger partial charge in [0, 0.05) is 104 Å². The Morgan fingerprint density at radius 2 is 0.868 bits per heavy atom. The van der Waals surface area contributed by atoms with Crippen molar-refractivity contribution in [1.29, 1.82) is 0 Å². The minimum atomic E-state index is -2.16. The lowest BCUT2D eigenvalue weighted by Gasteiger charge is -2.33. The van der Waals surface area contributed by atoms with Crippen molar-refractivity contribution < 1.29 is 78.4 Å². The molecule has 5 fully saturated rings. The fourth-order valence-corrected chi connectivity index (χ4v) is 19.5. The minimum Gasteiger partial charge on any atom is -0.506 e. The van der Waals surface area contributed by atoms with Crippen molar-refractivity contribution in [2.75, 3.05) is 112 Å². The van der Waals surface area contributed by atoms with Crippen LogP contribution in [0.5, 0.6) is 23.0 Å². The summed E-state index contributed by atoms with van der Waals surface area (Å²) in [5, 5.41) is 80.5. The van der Waals surface area contributed by atoms with Crippen LogP contribution in [-0.2, 0) is 65.8 Å². The average molecular weight is 1840 g/mol. The van der Waals surface area contributed by atoms with Gasteiger partial charge in [-0.25, -0.2) is 9.59 Å². The number of hydrogen-bond donors (Lipinski definition) is 11. The molecule has 17 rings (SSSR count). The van der Waals surface area contributed by atoms with E-state index < -0.39 is 46.5 Å². The molecule has 11 N–H and O–H groups in total. The third kappa shape index (κ3) is 21.8. The number of H-pyrrole nitrogens is 2. The minimum absolute atomic E-state index is 0.0292. The average Bonchev–Trinajstić information content (AvgIpc) is 1.06. The first kappa shape index (κ1) is 94.1. The van der Waals surface area contributed by atoms with Crippen LogP contribution in [0, 0.1) is 17.8 Å². The van der Waals surface area contributed by atoms with Crippen molar-refractivity contribution in [2.24, 2.45) is 17.8 Å². The molecule has 0 bridgehead atoms. The SMILES string of the molecule is O=C(N[C@@H]1CCN(C(=O)COc2cccc([C@](O)(C(=O)OCC3CCN(Cc4ccccc4)CC3)c3ccccc3)c2)C1)c1ccc(CCNC[C@H](O)c2ccc(O)c3[nH]c(=O)c(-c4cc5c([C@@H](O)CNCCc6ccc(C(=O)N7CC[C@@H]8CN(C(=O)COc9cccc([C@](O)(C(=O)OCC%10CCN(Cc%11ccccc%11)CC%10)c%10ccccc%10)c9)C[C@@H]87)cc6)ccc(O)c5[nH]c4=O)cc23)cc1. The number of aromatic amines is 2. The summed E-state index contributed by atoms with van der Waals surface area (Å²) >= 11 is 0. The molecule has 5 aliphatic rings. The van der Waals surface area contributed by atoms with E-state index in [-0.39, 0.29) is 167 Å². The number of aliphatic hydroxyl groups excluding tert-OH is 2. The second kappa shape index (κ2) is 42.9. The Balaban J connectivity index is 0.447. The van der Waals surface area contributed by atoms with E-state index in [1.54, 1.807) is 143 Å². The monoisotopic (exact) mass is 1840 g/mol. The van der Waals surface area contributed by atoms with Gasteiger partial charge in [-0.3, -0.25) is 38.6 Å².